The van der Waals surface area contributed by atoms with Crippen molar-refractivity contribution < 1.29 is 43.4 Å². The SMILES string of the molecule is Cc1cc(Br)c(C(C)O)cc1OC(C)C.Cc1cc(Br)c(C=O)cc1OC(C)C.[CH3-].[I-].[Mg+2]. The molecule has 176 valence electrons. The minimum Gasteiger partial charge on any atom is -1.00 e. The molecule has 0 radical (unpaired) electrons. The summed E-state index contributed by atoms with van der Waals surface area (Å²) < 4.78 is 13.0. The monoisotopic (exact) mass is 694 g/mol. The van der Waals surface area contributed by atoms with E-state index in [4.69, 9.17) is 9.47 Å². The molecule has 0 aliphatic heterocycles. The van der Waals surface area contributed by atoms with Gasteiger partial charge in [-0.05, 0) is 89.4 Å². The van der Waals surface area contributed by atoms with Crippen molar-refractivity contribution in [3.63, 3.8) is 0 Å². The third-order valence-electron chi connectivity index (χ3n) is 3.89. The van der Waals surface area contributed by atoms with Crippen LogP contribution in [0.4, 0.5) is 0 Å². The molecule has 0 aliphatic rings. The Labute approximate surface area is 243 Å². The summed E-state index contributed by atoms with van der Waals surface area (Å²) in [4.78, 5) is 10.7. The van der Waals surface area contributed by atoms with E-state index in [1.54, 1.807) is 13.0 Å². The zero-order chi connectivity index (χ0) is 22.3. The van der Waals surface area contributed by atoms with E-state index in [0.29, 0.717) is 5.56 Å². The second-order valence-electron chi connectivity index (χ2n) is 7.41. The number of rotatable bonds is 6. The molecule has 2 rings (SSSR count). The van der Waals surface area contributed by atoms with Crippen molar-refractivity contribution in [2.45, 2.75) is 66.8 Å². The first-order valence-corrected chi connectivity index (χ1v) is 11.1. The minimum atomic E-state index is -0.491. The van der Waals surface area contributed by atoms with Crippen LogP contribution in [-0.4, -0.2) is 46.7 Å². The summed E-state index contributed by atoms with van der Waals surface area (Å²) in [5, 5.41) is 9.57. The molecule has 32 heavy (non-hydrogen) atoms. The molecule has 0 aliphatic carbocycles. The fraction of sp³-hybridized carbons (Fsp3) is 0.417. The normalized spacial score (nSPS) is 10.6. The molecular formula is C24H33Br2IMgO4. The Hall–Kier alpha value is 0.126. The number of carbonyl (C=O) groups is 1. The molecule has 2 aromatic carbocycles. The van der Waals surface area contributed by atoms with Gasteiger partial charge in [0.15, 0.2) is 6.29 Å². The first kappa shape index (κ1) is 36.7. The molecule has 1 atom stereocenters. The fourth-order valence-electron chi connectivity index (χ4n) is 2.51. The topological polar surface area (TPSA) is 55.8 Å². The number of aldehydes is 1. The van der Waals surface area contributed by atoms with Crippen LogP contribution in [0.1, 0.15) is 67.8 Å². The number of benzene rings is 2. The quantitative estimate of drug-likeness (QED) is 0.215. The molecule has 4 nitrogen and oxygen atoms in total. The molecule has 8 heteroatoms. The average molecular weight is 697 g/mol. The fourth-order valence-corrected chi connectivity index (χ4v) is 3.85. The van der Waals surface area contributed by atoms with Gasteiger partial charge in [0.25, 0.3) is 0 Å². The average Bonchev–Trinajstić information content (AvgIpc) is 2.59. The zero-order valence-corrected chi connectivity index (χ0v) is 26.9. The van der Waals surface area contributed by atoms with E-state index in [-0.39, 0.29) is 66.7 Å². The number of hydrogen-bond acceptors (Lipinski definition) is 4. The van der Waals surface area contributed by atoms with Crippen LogP contribution in [0.15, 0.2) is 33.2 Å². The largest absolute Gasteiger partial charge is 2.00 e. The molecule has 0 saturated heterocycles. The maximum Gasteiger partial charge on any atom is 2.00 e. The second-order valence-corrected chi connectivity index (χ2v) is 9.11. The van der Waals surface area contributed by atoms with Crippen LogP contribution < -0.4 is 33.5 Å². The van der Waals surface area contributed by atoms with Crippen LogP contribution in [0, 0.1) is 21.3 Å². The van der Waals surface area contributed by atoms with Crippen molar-refractivity contribution in [1.82, 2.24) is 0 Å². The van der Waals surface area contributed by atoms with Gasteiger partial charge in [-0.1, -0.05) is 31.9 Å². The van der Waals surface area contributed by atoms with E-state index in [1.165, 1.54) is 0 Å². The predicted molar refractivity (Wildman–Crippen MR) is 137 cm³/mol. The summed E-state index contributed by atoms with van der Waals surface area (Å²) in [6.07, 6.45) is 0.590. The van der Waals surface area contributed by atoms with Gasteiger partial charge in [-0.3, -0.25) is 4.79 Å². The second kappa shape index (κ2) is 17.5. The first-order chi connectivity index (χ1) is 13.5. The van der Waals surface area contributed by atoms with Gasteiger partial charge in [0, 0.05) is 14.5 Å². The summed E-state index contributed by atoms with van der Waals surface area (Å²) in [5.41, 5.74) is 3.57. The smallest absolute Gasteiger partial charge is 1.00 e. The Bertz CT molecular complexity index is 843. The summed E-state index contributed by atoms with van der Waals surface area (Å²) in [7, 11) is 0. The Morgan fingerprint density at radius 3 is 1.62 bits per heavy atom. The van der Waals surface area contributed by atoms with Crippen LogP contribution in [0.5, 0.6) is 11.5 Å². The Morgan fingerprint density at radius 1 is 0.844 bits per heavy atom. The molecule has 0 aromatic heterocycles. The van der Waals surface area contributed by atoms with E-state index >= 15 is 0 Å². The number of ether oxygens (including phenoxy) is 2. The van der Waals surface area contributed by atoms with Crippen LogP contribution in [0.2, 0.25) is 0 Å². The molecule has 0 spiro atoms. The van der Waals surface area contributed by atoms with Gasteiger partial charge in [0.1, 0.15) is 11.5 Å². The van der Waals surface area contributed by atoms with E-state index in [2.05, 4.69) is 31.9 Å². The zero-order valence-electron chi connectivity index (χ0n) is 20.1. The minimum absolute atomic E-state index is 0. The van der Waals surface area contributed by atoms with Gasteiger partial charge in [-0.2, -0.15) is 0 Å². The number of halogens is 3. The van der Waals surface area contributed by atoms with Gasteiger partial charge in [0.2, 0.25) is 0 Å². The number of aliphatic hydroxyl groups is 1. The molecule has 0 saturated carbocycles. The molecule has 1 unspecified atom stereocenters. The van der Waals surface area contributed by atoms with Crippen molar-refractivity contribution in [2.75, 3.05) is 0 Å². The van der Waals surface area contributed by atoms with Crippen LogP contribution in [0.3, 0.4) is 0 Å². The maximum absolute atomic E-state index is 10.7. The van der Waals surface area contributed by atoms with Gasteiger partial charge >= 0.3 is 23.1 Å². The number of carbonyl (C=O) groups excluding carboxylic acids is 1. The van der Waals surface area contributed by atoms with Gasteiger partial charge in [-0.15, -0.1) is 0 Å². The van der Waals surface area contributed by atoms with Crippen molar-refractivity contribution in [2.24, 2.45) is 0 Å². The van der Waals surface area contributed by atoms with Crippen molar-refractivity contribution in [3.8, 4) is 11.5 Å². The van der Waals surface area contributed by atoms with E-state index in [9.17, 15) is 9.90 Å². The Morgan fingerprint density at radius 2 is 1.25 bits per heavy atom. The van der Waals surface area contributed by atoms with Crippen LogP contribution >= 0.6 is 31.9 Å². The molecular weight excluding hydrogens is 663 g/mol. The van der Waals surface area contributed by atoms with Crippen LogP contribution in [-0.2, 0) is 0 Å². The van der Waals surface area contributed by atoms with Gasteiger partial charge in [0.05, 0.1) is 18.3 Å². The number of aliphatic hydroxyl groups excluding tert-OH is 1. The molecule has 1 N–H and O–H groups in total. The standard InChI is InChI=1S/C12H17BrO2.C11H13BrO2.CH3.HI.Mg/c1-7(2)15-12-6-10(9(4)14)11(13)5-8(12)3;1-7(2)14-11-5-9(6-13)10(12)4-8(11)3;;;/h5-7,9,14H,1-4H3;4-7H,1-3H3;1H3;1H;/q;;-1;;+2/p-1. The molecule has 0 fully saturated rings. The summed E-state index contributed by atoms with van der Waals surface area (Å²) in [6, 6.07) is 7.51. The van der Waals surface area contributed by atoms with Crippen LogP contribution in [0.25, 0.3) is 0 Å². The van der Waals surface area contributed by atoms with Crippen molar-refractivity contribution >= 4 is 61.2 Å². The van der Waals surface area contributed by atoms with Gasteiger partial charge in [-0.25, -0.2) is 0 Å². The Kier molecular flexibility index (Phi) is 20.1. The Balaban J connectivity index is -0.000000481. The summed E-state index contributed by atoms with van der Waals surface area (Å²) in [6.45, 7) is 13.6. The third kappa shape index (κ3) is 12.0. The molecule has 0 heterocycles. The predicted octanol–water partition coefficient (Wildman–Crippen LogP) is 4.03. The summed E-state index contributed by atoms with van der Waals surface area (Å²) in [5.74, 6) is 1.61. The molecule has 0 amide bonds. The number of hydrogen-bond donors (Lipinski definition) is 1. The first-order valence-electron chi connectivity index (χ1n) is 9.53. The number of aryl methyl sites for hydroxylation is 2. The molecule has 2 aromatic rings. The molecule has 0 bridgehead atoms. The van der Waals surface area contributed by atoms with E-state index < -0.39 is 6.10 Å². The van der Waals surface area contributed by atoms with Gasteiger partial charge < -0.3 is 46.0 Å². The van der Waals surface area contributed by atoms with Crippen molar-refractivity contribution in [1.29, 1.82) is 0 Å². The van der Waals surface area contributed by atoms with Crippen molar-refractivity contribution in [3.05, 3.63) is 62.9 Å². The van der Waals surface area contributed by atoms with E-state index in [0.717, 1.165) is 43.4 Å². The van der Waals surface area contributed by atoms with E-state index in [1.807, 2.05) is 59.7 Å². The summed E-state index contributed by atoms with van der Waals surface area (Å²) >= 11 is 6.75. The third-order valence-corrected chi connectivity index (χ3v) is 5.26. The maximum atomic E-state index is 10.7.